The van der Waals surface area contributed by atoms with Gasteiger partial charge in [0, 0.05) is 28.1 Å². The minimum Gasteiger partial charge on any atom is -0.462 e. The van der Waals surface area contributed by atoms with Crippen molar-refractivity contribution in [1.29, 1.82) is 0 Å². The van der Waals surface area contributed by atoms with E-state index in [1.54, 1.807) is 12.3 Å². The van der Waals surface area contributed by atoms with E-state index in [4.69, 9.17) is 4.74 Å². The number of hydrogen-bond acceptors (Lipinski definition) is 6. The number of nitrogens with zero attached hydrogens (tertiary/aromatic N) is 1. The number of esters is 1. The number of carbonyl (C=O) groups excluding carboxylic acids is 2. The lowest BCUT2D eigenvalue weighted by atomic mass is 10.0. The summed E-state index contributed by atoms with van der Waals surface area (Å²) in [6.45, 7) is 5.39. The van der Waals surface area contributed by atoms with Crippen LogP contribution in [0.4, 0.5) is 10.7 Å². The predicted molar refractivity (Wildman–Crippen MR) is 116 cm³/mol. The average Bonchev–Trinajstić information content (AvgIpc) is 3.12. The van der Waals surface area contributed by atoms with E-state index in [0.717, 1.165) is 11.1 Å². The van der Waals surface area contributed by atoms with Gasteiger partial charge in [0.25, 0.3) is 11.6 Å². The lowest BCUT2D eigenvalue weighted by Gasteiger charge is -2.10. The molecule has 1 heterocycles. The Hall–Kier alpha value is -3.52. The van der Waals surface area contributed by atoms with Gasteiger partial charge in [0.1, 0.15) is 10.6 Å². The molecule has 7 nitrogen and oxygen atoms in total. The molecule has 3 rings (SSSR count). The zero-order valence-corrected chi connectivity index (χ0v) is 17.5. The summed E-state index contributed by atoms with van der Waals surface area (Å²) in [6.07, 6.45) is 0. The highest BCUT2D eigenvalue weighted by Crippen LogP contribution is 2.37. The van der Waals surface area contributed by atoms with Gasteiger partial charge in [-0.15, -0.1) is 11.3 Å². The van der Waals surface area contributed by atoms with E-state index in [9.17, 15) is 19.7 Å². The molecule has 0 bridgehead atoms. The molecule has 3 aromatic rings. The number of amides is 1. The number of carbonyl (C=O) groups is 2. The Balaban J connectivity index is 2.01. The number of nitrogens with one attached hydrogen (secondary N) is 1. The highest BCUT2D eigenvalue weighted by atomic mass is 32.1. The minimum absolute atomic E-state index is 0.139. The number of benzene rings is 2. The fraction of sp³-hybridized carbons (Fsp3) is 0.182. The number of thiophene rings is 1. The maximum Gasteiger partial charge on any atom is 0.341 e. The van der Waals surface area contributed by atoms with Gasteiger partial charge in [0.2, 0.25) is 0 Å². The van der Waals surface area contributed by atoms with Gasteiger partial charge < -0.3 is 10.1 Å². The third kappa shape index (κ3) is 4.23. The maximum atomic E-state index is 12.9. The van der Waals surface area contributed by atoms with Crippen LogP contribution in [0.1, 0.15) is 38.8 Å². The summed E-state index contributed by atoms with van der Waals surface area (Å²) in [5.41, 5.74) is 3.12. The Morgan fingerprint density at radius 2 is 1.83 bits per heavy atom. The molecule has 0 aliphatic heterocycles. The topological polar surface area (TPSA) is 98.5 Å². The molecule has 0 aliphatic carbocycles. The number of aryl methyl sites for hydroxylation is 1. The van der Waals surface area contributed by atoms with Crippen LogP contribution in [0.3, 0.4) is 0 Å². The van der Waals surface area contributed by atoms with Gasteiger partial charge in [-0.25, -0.2) is 4.79 Å². The van der Waals surface area contributed by atoms with Crippen LogP contribution in [-0.2, 0) is 4.74 Å². The summed E-state index contributed by atoms with van der Waals surface area (Å²) < 4.78 is 5.20. The van der Waals surface area contributed by atoms with E-state index in [1.807, 2.05) is 31.2 Å². The molecule has 0 saturated heterocycles. The van der Waals surface area contributed by atoms with Crippen molar-refractivity contribution < 1.29 is 19.2 Å². The van der Waals surface area contributed by atoms with E-state index in [1.165, 1.54) is 36.5 Å². The van der Waals surface area contributed by atoms with Gasteiger partial charge in [0.15, 0.2) is 0 Å². The lowest BCUT2D eigenvalue weighted by Crippen LogP contribution is -2.16. The van der Waals surface area contributed by atoms with Crippen LogP contribution in [0, 0.1) is 24.0 Å². The predicted octanol–water partition coefficient (Wildman–Crippen LogP) is 5.37. The lowest BCUT2D eigenvalue weighted by molar-refractivity contribution is -0.385. The quantitative estimate of drug-likeness (QED) is 0.326. The summed E-state index contributed by atoms with van der Waals surface area (Å²) >= 11 is 1.20. The van der Waals surface area contributed by atoms with Crippen LogP contribution in [-0.4, -0.2) is 23.4 Å². The molecule has 0 atom stereocenters. The van der Waals surface area contributed by atoms with Crippen LogP contribution in [0.2, 0.25) is 0 Å². The third-order valence-electron chi connectivity index (χ3n) is 4.61. The Kier molecular flexibility index (Phi) is 6.27. The molecular weight excluding hydrogens is 404 g/mol. The Bertz CT molecular complexity index is 1120. The number of nitro benzene ring substituents is 1. The van der Waals surface area contributed by atoms with Crippen LogP contribution in [0.5, 0.6) is 0 Å². The van der Waals surface area contributed by atoms with E-state index in [-0.39, 0.29) is 29.0 Å². The summed E-state index contributed by atoms with van der Waals surface area (Å²) in [4.78, 5) is 36.2. The third-order valence-corrected chi connectivity index (χ3v) is 5.50. The monoisotopic (exact) mass is 424 g/mol. The second-order valence-corrected chi connectivity index (χ2v) is 7.48. The van der Waals surface area contributed by atoms with E-state index >= 15 is 0 Å². The molecule has 0 spiro atoms. The molecule has 1 N–H and O–H groups in total. The van der Waals surface area contributed by atoms with Crippen molar-refractivity contribution in [3.8, 4) is 11.1 Å². The van der Waals surface area contributed by atoms with Gasteiger partial charge in [0.05, 0.1) is 11.5 Å². The second-order valence-electron chi connectivity index (χ2n) is 6.60. The molecule has 1 amide bonds. The standard InChI is InChI=1S/C22H20N2O5S/c1-4-29-22(26)19-17(15-10-8-13(2)9-11-15)12-30-21(19)23-20(25)16-6-5-7-18(14(16)3)24(27)28/h5-12H,4H2,1-3H3,(H,23,25). The van der Waals surface area contributed by atoms with Crippen molar-refractivity contribution in [3.63, 3.8) is 0 Å². The second kappa shape index (κ2) is 8.87. The Labute approximate surface area is 177 Å². The molecule has 1 aromatic heterocycles. The highest BCUT2D eigenvalue weighted by Gasteiger charge is 2.24. The Morgan fingerprint density at radius 1 is 1.13 bits per heavy atom. The summed E-state index contributed by atoms with van der Waals surface area (Å²) in [5.74, 6) is -1.07. The fourth-order valence-corrected chi connectivity index (χ4v) is 3.99. The first-order valence-electron chi connectivity index (χ1n) is 9.24. The van der Waals surface area contributed by atoms with Crippen LogP contribution in [0.25, 0.3) is 11.1 Å². The molecule has 0 unspecified atom stereocenters. The van der Waals surface area contributed by atoms with Crippen LogP contribution in [0.15, 0.2) is 47.8 Å². The van der Waals surface area contributed by atoms with E-state index in [0.29, 0.717) is 10.6 Å². The van der Waals surface area contributed by atoms with E-state index in [2.05, 4.69) is 5.32 Å². The number of anilines is 1. The fourth-order valence-electron chi connectivity index (χ4n) is 3.04. The van der Waals surface area contributed by atoms with Gasteiger partial charge in [-0.2, -0.15) is 0 Å². The summed E-state index contributed by atoms with van der Waals surface area (Å²) in [7, 11) is 0. The van der Waals surface area contributed by atoms with Gasteiger partial charge in [-0.05, 0) is 32.4 Å². The first kappa shape index (κ1) is 21.2. The van der Waals surface area contributed by atoms with Gasteiger partial charge >= 0.3 is 5.97 Å². The number of ether oxygens (including phenoxy) is 1. The number of nitro groups is 1. The molecule has 8 heteroatoms. The van der Waals surface area contributed by atoms with Crippen molar-refractivity contribution in [2.75, 3.05) is 11.9 Å². The molecular formula is C22H20N2O5S. The first-order chi connectivity index (χ1) is 14.3. The first-order valence-corrected chi connectivity index (χ1v) is 10.1. The van der Waals surface area contributed by atoms with Gasteiger partial charge in [-0.1, -0.05) is 35.9 Å². The minimum atomic E-state index is -0.541. The molecule has 30 heavy (non-hydrogen) atoms. The van der Waals surface area contributed by atoms with Crippen molar-refractivity contribution in [2.24, 2.45) is 0 Å². The molecule has 0 aliphatic rings. The SMILES string of the molecule is CCOC(=O)c1c(-c2ccc(C)cc2)csc1NC(=O)c1cccc([N+](=O)[O-])c1C. The highest BCUT2D eigenvalue weighted by molar-refractivity contribution is 7.15. The summed E-state index contributed by atoms with van der Waals surface area (Å²) in [5, 5.41) is 16.0. The molecule has 0 saturated carbocycles. The largest absolute Gasteiger partial charge is 0.462 e. The van der Waals surface area contributed by atoms with Crippen LogP contribution < -0.4 is 5.32 Å². The molecule has 154 valence electrons. The van der Waals surface area contributed by atoms with Crippen molar-refractivity contribution >= 4 is 33.9 Å². The van der Waals surface area contributed by atoms with Crippen molar-refractivity contribution in [2.45, 2.75) is 20.8 Å². The van der Waals surface area contributed by atoms with Crippen LogP contribution >= 0.6 is 11.3 Å². The maximum absolute atomic E-state index is 12.9. The molecule has 0 fully saturated rings. The smallest absolute Gasteiger partial charge is 0.341 e. The zero-order valence-electron chi connectivity index (χ0n) is 16.7. The summed E-state index contributed by atoms with van der Waals surface area (Å²) in [6, 6.07) is 12.0. The van der Waals surface area contributed by atoms with Crippen molar-refractivity contribution in [3.05, 3.63) is 80.2 Å². The molecule has 0 radical (unpaired) electrons. The average molecular weight is 424 g/mol. The van der Waals surface area contributed by atoms with Gasteiger partial charge in [-0.3, -0.25) is 14.9 Å². The number of rotatable bonds is 6. The van der Waals surface area contributed by atoms with Crippen molar-refractivity contribution in [1.82, 2.24) is 0 Å². The molecule has 2 aromatic carbocycles. The number of hydrogen-bond donors (Lipinski definition) is 1. The normalized spacial score (nSPS) is 10.5. The van der Waals surface area contributed by atoms with E-state index < -0.39 is 16.8 Å². The zero-order chi connectivity index (χ0) is 21.8. The Morgan fingerprint density at radius 3 is 2.47 bits per heavy atom.